The molecule has 0 unspecified atom stereocenters. The molecule has 0 N–H and O–H groups in total. The van der Waals surface area contributed by atoms with Gasteiger partial charge in [-0.2, -0.15) is 0 Å². The highest BCUT2D eigenvalue weighted by atomic mass is 15.2. The molecule has 38 heavy (non-hydrogen) atoms. The van der Waals surface area contributed by atoms with E-state index in [1.165, 1.54) is 76.0 Å². The van der Waals surface area contributed by atoms with E-state index in [0.717, 1.165) is 0 Å². The molecule has 3 aliphatic carbocycles. The lowest BCUT2D eigenvalue weighted by molar-refractivity contribution is 0.556. The summed E-state index contributed by atoms with van der Waals surface area (Å²) < 4.78 is 0. The van der Waals surface area contributed by atoms with Gasteiger partial charge in [-0.3, -0.25) is 0 Å². The zero-order valence-electron chi connectivity index (χ0n) is 23.5. The lowest BCUT2D eigenvalue weighted by Gasteiger charge is -2.41. The number of hydrogen-bond donors (Lipinski definition) is 0. The smallest absolute Gasteiger partial charge is 0.0454 e. The van der Waals surface area contributed by atoms with Crippen LogP contribution in [0, 0.1) is 0 Å². The van der Waals surface area contributed by atoms with Crippen LogP contribution in [-0.2, 0) is 5.41 Å². The van der Waals surface area contributed by atoms with Gasteiger partial charge in [-0.25, -0.2) is 0 Å². The maximum absolute atomic E-state index is 2.70. The number of benzene rings is 4. The highest BCUT2D eigenvalue weighted by Gasteiger charge is 2.40. The number of fused-ring (bicyclic) bond motifs is 3. The molecule has 0 aromatic heterocycles. The van der Waals surface area contributed by atoms with Crippen molar-refractivity contribution < 1.29 is 0 Å². The maximum atomic E-state index is 2.70. The fourth-order valence-electron chi connectivity index (χ4n) is 6.81. The van der Waals surface area contributed by atoms with Crippen molar-refractivity contribution in [1.29, 1.82) is 0 Å². The highest BCUT2D eigenvalue weighted by Crippen LogP contribution is 2.56. The zero-order chi connectivity index (χ0) is 26.2. The van der Waals surface area contributed by atoms with Gasteiger partial charge < -0.3 is 4.90 Å². The molecular weight excluding hydrogens is 458 g/mol. The number of hydrogen-bond acceptors (Lipinski definition) is 1. The van der Waals surface area contributed by atoms with Crippen LogP contribution in [0.25, 0.3) is 22.3 Å². The van der Waals surface area contributed by atoms with Crippen LogP contribution >= 0.6 is 0 Å². The van der Waals surface area contributed by atoms with E-state index in [9.17, 15) is 0 Å². The van der Waals surface area contributed by atoms with Gasteiger partial charge in [0.1, 0.15) is 0 Å². The van der Waals surface area contributed by atoms with E-state index in [0.29, 0.717) is 11.8 Å². The minimum Gasteiger partial charge on any atom is -0.336 e. The summed E-state index contributed by atoms with van der Waals surface area (Å²) in [6, 6.07) is 32.3. The standard InChI is InChI=1S/C37H39N/c1-36(2,3)38(34-20-19-27(21-29(34)25-15-16-25)24-11-7-6-8-12-24)35-23-33-31(22-30(35)26-17-18-26)28-13-9-10-14-32(28)37(33,4)5/h6-14,19-23,25-26H,15-18H2,1-5H3. The molecule has 2 fully saturated rings. The highest BCUT2D eigenvalue weighted by molar-refractivity contribution is 5.86. The normalized spacial score (nSPS) is 17.7. The summed E-state index contributed by atoms with van der Waals surface area (Å²) >= 11 is 0. The lowest BCUT2D eigenvalue weighted by atomic mass is 9.81. The molecule has 0 amide bonds. The first-order valence-corrected chi connectivity index (χ1v) is 14.5. The Balaban J connectivity index is 1.44. The van der Waals surface area contributed by atoms with Crippen LogP contribution in [0.4, 0.5) is 11.4 Å². The molecule has 7 rings (SSSR count). The van der Waals surface area contributed by atoms with E-state index in [2.05, 4.69) is 124 Å². The van der Waals surface area contributed by atoms with Gasteiger partial charge in [0, 0.05) is 22.3 Å². The van der Waals surface area contributed by atoms with Gasteiger partial charge in [-0.15, -0.1) is 0 Å². The van der Waals surface area contributed by atoms with E-state index >= 15 is 0 Å². The Morgan fingerprint density at radius 1 is 0.605 bits per heavy atom. The Morgan fingerprint density at radius 2 is 1.24 bits per heavy atom. The van der Waals surface area contributed by atoms with E-state index in [1.807, 2.05) is 0 Å². The van der Waals surface area contributed by atoms with Gasteiger partial charge in [0.05, 0.1) is 0 Å². The number of rotatable bonds is 5. The van der Waals surface area contributed by atoms with Crippen LogP contribution in [0.5, 0.6) is 0 Å². The third-order valence-corrected chi connectivity index (χ3v) is 9.05. The van der Waals surface area contributed by atoms with Crippen LogP contribution in [0.2, 0.25) is 0 Å². The van der Waals surface area contributed by atoms with Crippen LogP contribution in [0.1, 0.15) is 94.4 Å². The van der Waals surface area contributed by atoms with Crippen molar-refractivity contribution in [3.8, 4) is 22.3 Å². The maximum Gasteiger partial charge on any atom is 0.0454 e. The third-order valence-electron chi connectivity index (χ3n) is 9.05. The van der Waals surface area contributed by atoms with E-state index in [4.69, 9.17) is 0 Å². The Morgan fingerprint density at radius 3 is 1.89 bits per heavy atom. The van der Waals surface area contributed by atoms with E-state index < -0.39 is 0 Å². The van der Waals surface area contributed by atoms with Crippen molar-refractivity contribution in [2.75, 3.05) is 4.90 Å². The van der Waals surface area contributed by atoms with Crippen LogP contribution < -0.4 is 4.90 Å². The van der Waals surface area contributed by atoms with Gasteiger partial charge in [0.2, 0.25) is 0 Å². The van der Waals surface area contributed by atoms with E-state index in [1.54, 1.807) is 5.56 Å². The minimum absolute atomic E-state index is 0.00278. The van der Waals surface area contributed by atoms with Gasteiger partial charge in [-0.05, 0) is 127 Å². The van der Waals surface area contributed by atoms with Gasteiger partial charge in [0.25, 0.3) is 0 Å². The third kappa shape index (κ3) is 3.82. The SMILES string of the molecule is CC1(C)c2ccccc2-c2cc(C3CC3)c(N(c3ccc(-c4ccccc4)cc3C3CC3)C(C)(C)C)cc21. The first kappa shape index (κ1) is 23.8. The van der Waals surface area contributed by atoms with Crippen molar-refractivity contribution in [2.24, 2.45) is 0 Å². The lowest BCUT2D eigenvalue weighted by Crippen LogP contribution is -2.39. The fourth-order valence-corrected chi connectivity index (χ4v) is 6.81. The number of anilines is 2. The second-order valence-electron chi connectivity index (χ2n) is 13.3. The van der Waals surface area contributed by atoms with Crippen LogP contribution in [0.3, 0.4) is 0 Å². The Hall–Kier alpha value is -3.32. The van der Waals surface area contributed by atoms with Gasteiger partial charge in [-0.1, -0.05) is 74.5 Å². The van der Waals surface area contributed by atoms with Crippen molar-refractivity contribution in [3.63, 3.8) is 0 Å². The Bertz CT molecular complexity index is 1530. The van der Waals surface area contributed by atoms with Crippen LogP contribution in [-0.4, -0.2) is 5.54 Å². The van der Waals surface area contributed by atoms with E-state index in [-0.39, 0.29) is 11.0 Å². The van der Waals surface area contributed by atoms with Crippen LogP contribution in [0.15, 0.2) is 84.9 Å². The summed E-state index contributed by atoms with van der Waals surface area (Å²) in [7, 11) is 0. The molecule has 4 aromatic carbocycles. The van der Waals surface area contributed by atoms with Crippen molar-refractivity contribution in [2.45, 2.75) is 83.1 Å². The number of nitrogens with zero attached hydrogens (tertiary/aromatic N) is 1. The molecule has 0 bridgehead atoms. The monoisotopic (exact) mass is 497 g/mol. The Kier molecular flexibility index (Phi) is 5.22. The summed E-state index contributed by atoms with van der Waals surface area (Å²) in [4.78, 5) is 2.70. The first-order chi connectivity index (χ1) is 18.2. The molecule has 1 nitrogen and oxygen atoms in total. The summed E-state index contributed by atoms with van der Waals surface area (Å²) in [6.45, 7) is 12.0. The van der Waals surface area contributed by atoms with Crippen molar-refractivity contribution in [3.05, 3.63) is 107 Å². The molecule has 192 valence electrons. The first-order valence-electron chi connectivity index (χ1n) is 14.5. The van der Waals surface area contributed by atoms with Gasteiger partial charge >= 0.3 is 0 Å². The largest absolute Gasteiger partial charge is 0.336 e. The second-order valence-corrected chi connectivity index (χ2v) is 13.3. The molecule has 4 aromatic rings. The van der Waals surface area contributed by atoms with Gasteiger partial charge in [0.15, 0.2) is 0 Å². The zero-order valence-corrected chi connectivity index (χ0v) is 23.5. The predicted octanol–water partition coefficient (Wildman–Crippen LogP) is 10.4. The molecule has 0 spiro atoms. The average molecular weight is 498 g/mol. The average Bonchev–Trinajstić information content (AvgIpc) is 3.82. The topological polar surface area (TPSA) is 3.24 Å². The molecule has 0 aliphatic heterocycles. The predicted molar refractivity (Wildman–Crippen MR) is 162 cm³/mol. The summed E-state index contributed by atoms with van der Waals surface area (Å²) in [5.41, 5.74) is 14.3. The van der Waals surface area contributed by atoms with Crippen molar-refractivity contribution >= 4 is 11.4 Å². The Labute approximate surface area is 228 Å². The minimum atomic E-state index is -0.0502. The summed E-state index contributed by atoms with van der Waals surface area (Å²) in [5.74, 6) is 1.34. The van der Waals surface area contributed by atoms with Crippen molar-refractivity contribution in [1.82, 2.24) is 0 Å². The molecule has 0 heterocycles. The molecular formula is C37H39N. The molecule has 0 atom stereocenters. The summed E-state index contributed by atoms with van der Waals surface area (Å²) in [6.07, 6.45) is 5.20. The molecule has 0 saturated heterocycles. The molecule has 0 radical (unpaired) electrons. The molecule has 1 heteroatoms. The molecule has 3 aliphatic rings. The quantitative estimate of drug-likeness (QED) is 0.265. The fraction of sp³-hybridized carbons (Fsp3) is 0.351. The molecule has 2 saturated carbocycles. The summed E-state index contributed by atoms with van der Waals surface area (Å²) in [5, 5.41) is 0. The second kappa shape index (κ2) is 8.34.